The summed E-state index contributed by atoms with van der Waals surface area (Å²) in [6, 6.07) is 7.44. The number of carbonyl (C=O) groups excluding carboxylic acids is 1. The van der Waals surface area contributed by atoms with Gasteiger partial charge in [-0.2, -0.15) is 5.10 Å². The molecule has 0 fully saturated rings. The molecule has 0 saturated heterocycles. The number of carbonyl (C=O) groups is 1. The van der Waals surface area contributed by atoms with E-state index in [9.17, 15) is 4.79 Å². The van der Waals surface area contributed by atoms with E-state index in [1.54, 1.807) is 4.68 Å². The zero-order chi connectivity index (χ0) is 15.6. The first kappa shape index (κ1) is 15.6. The first-order chi connectivity index (χ1) is 9.93. The van der Waals surface area contributed by atoms with Gasteiger partial charge in [0.2, 0.25) is 5.91 Å². The molecule has 0 aliphatic heterocycles. The topological polar surface area (TPSA) is 46.9 Å². The lowest BCUT2D eigenvalue weighted by Gasteiger charge is -2.14. The summed E-state index contributed by atoms with van der Waals surface area (Å²) in [5.74, 6) is -0.110. The number of aryl methyl sites for hydroxylation is 2. The molecule has 112 valence electrons. The average molecular weight is 306 g/mol. The predicted molar refractivity (Wildman–Crippen MR) is 85.9 cm³/mol. The molecule has 0 bridgehead atoms. The van der Waals surface area contributed by atoms with E-state index in [0.717, 1.165) is 23.5 Å². The number of rotatable bonds is 4. The smallest absolute Gasteiger partial charge is 0.248 e. The summed E-state index contributed by atoms with van der Waals surface area (Å²) in [5, 5.41) is 7.84. The highest BCUT2D eigenvalue weighted by Crippen LogP contribution is 2.23. The van der Waals surface area contributed by atoms with Gasteiger partial charge in [-0.05, 0) is 44.9 Å². The zero-order valence-electron chi connectivity index (χ0n) is 12.8. The van der Waals surface area contributed by atoms with E-state index in [-0.39, 0.29) is 5.91 Å². The molecule has 4 nitrogen and oxygen atoms in total. The van der Waals surface area contributed by atoms with Crippen molar-refractivity contribution in [3.63, 3.8) is 0 Å². The number of nitrogens with one attached hydrogen (secondary N) is 1. The fraction of sp³-hybridized carbons (Fsp3) is 0.375. The molecule has 1 N–H and O–H groups in total. The average Bonchev–Trinajstić information content (AvgIpc) is 2.75. The Labute approximate surface area is 130 Å². The number of hydrogen-bond acceptors (Lipinski definition) is 2. The highest BCUT2D eigenvalue weighted by Gasteiger charge is 2.20. The Kier molecular flexibility index (Phi) is 4.68. The third kappa shape index (κ3) is 3.27. The van der Waals surface area contributed by atoms with Crippen LogP contribution in [0.15, 0.2) is 24.3 Å². The van der Waals surface area contributed by atoms with Crippen LogP contribution in [0.4, 0.5) is 5.69 Å². The van der Waals surface area contributed by atoms with Crippen LogP contribution in [0.5, 0.6) is 0 Å². The fourth-order valence-corrected chi connectivity index (χ4v) is 2.33. The molecule has 0 aliphatic rings. The van der Waals surface area contributed by atoms with Crippen LogP contribution in [0.25, 0.3) is 0 Å². The largest absolute Gasteiger partial charge is 0.324 e. The van der Waals surface area contributed by atoms with Crippen LogP contribution in [-0.4, -0.2) is 15.7 Å². The molecule has 1 heterocycles. The lowest BCUT2D eigenvalue weighted by molar-refractivity contribution is -0.119. The highest BCUT2D eigenvalue weighted by atomic mass is 35.5. The van der Waals surface area contributed by atoms with Crippen LogP contribution in [0.2, 0.25) is 5.02 Å². The quantitative estimate of drug-likeness (QED) is 0.930. The van der Waals surface area contributed by atoms with Gasteiger partial charge in [0.1, 0.15) is 6.04 Å². The van der Waals surface area contributed by atoms with E-state index in [4.69, 9.17) is 11.6 Å². The van der Waals surface area contributed by atoms with E-state index in [2.05, 4.69) is 17.3 Å². The Bertz CT molecular complexity index is 646. The lowest BCUT2D eigenvalue weighted by atomic mass is 10.1. The molecule has 0 saturated carbocycles. The SMILES string of the molecule is CCc1ccc(NC(=O)C(C)n2nc(C)c(Cl)c2C)cc1. The first-order valence-electron chi connectivity index (χ1n) is 7.05. The highest BCUT2D eigenvalue weighted by molar-refractivity contribution is 6.31. The van der Waals surface area contributed by atoms with Crippen molar-refractivity contribution in [1.29, 1.82) is 0 Å². The van der Waals surface area contributed by atoms with Crippen molar-refractivity contribution in [2.45, 2.75) is 40.2 Å². The van der Waals surface area contributed by atoms with Gasteiger partial charge in [-0.15, -0.1) is 0 Å². The monoisotopic (exact) mass is 305 g/mol. The van der Waals surface area contributed by atoms with Crippen molar-refractivity contribution in [3.05, 3.63) is 46.2 Å². The van der Waals surface area contributed by atoms with Crippen LogP contribution in [0, 0.1) is 13.8 Å². The number of amides is 1. The van der Waals surface area contributed by atoms with E-state index in [1.165, 1.54) is 5.56 Å². The zero-order valence-corrected chi connectivity index (χ0v) is 13.5. The standard InChI is InChI=1S/C16H20ClN3O/c1-5-13-6-8-14(9-7-13)18-16(21)12(4)20-11(3)15(17)10(2)19-20/h6-9,12H,5H2,1-4H3,(H,18,21). The van der Waals surface area contributed by atoms with Gasteiger partial charge in [-0.1, -0.05) is 30.7 Å². The summed E-state index contributed by atoms with van der Waals surface area (Å²) in [7, 11) is 0. The van der Waals surface area contributed by atoms with E-state index >= 15 is 0 Å². The number of aromatic nitrogens is 2. The van der Waals surface area contributed by atoms with Crippen LogP contribution in [0.1, 0.15) is 36.8 Å². The third-order valence-corrected chi connectivity index (χ3v) is 4.16. The molecule has 0 radical (unpaired) electrons. The summed E-state index contributed by atoms with van der Waals surface area (Å²) in [6.45, 7) is 7.61. The minimum atomic E-state index is -0.415. The van der Waals surface area contributed by atoms with Gasteiger partial charge in [0.05, 0.1) is 16.4 Å². The summed E-state index contributed by atoms with van der Waals surface area (Å²) >= 11 is 6.13. The van der Waals surface area contributed by atoms with Gasteiger partial charge in [-0.3, -0.25) is 9.48 Å². The minimum Gasteiger partial charge on any atom is -0.324 e. The second-order valence-electron chi connectivity index (χ2n) is 5.15. The molecular weight excluding hydrogens is 286 g/mol. The summed E-state index contributed by atoms with van der Waals surface area (Å²) in [5.41, 5.74) is 3.57. The normalized spacial score (nSPS) is 12.2. The van der Waals surface area contributed by atoms with Crippen LogP contribution in [0.3, 0.4) is 0 Å². The number of nitrogens with zero attached hydrogens (tertiary/aromatic N) is 2. The molecule has 1 atom stereocenters. The van der Waals surface area contributed by atoms with Crippen molar-refractivity contribution in [2.75, 3.05) is 5.32 Å². The molecule has 1 aromatic heterocycles. The van der Waals surface area contributed by atoms with Gasteiger partial charge in [0.25, 0.3) is 0 Å². The Morgan fingerprint density at radius 2 is 1.95 bits per heavy atom. The summed E-state index contributed by atoms with van der Waals surface area (Å²) < 4.78 is 1.66. The molecular formula is C16H20ClN3O. The number of halogens is 1. The number of anilines is 1. The second-order valence-corrected chi connectivity index (χ2v) is 5.52. The van der Waals surface area contributed by atoms with Crippen molar-refractivity contribution in [2.24, 2.45) is 0 Å². The Hall–Kier alpha value is -1.81. The van der Waals surface area contributed by atoms with Crippen molar-refractivity contribution >= 4 is 23.2 Å². The van der Waals surface area contributed by atoms with Crippen molar-refractivity contribution < 1.29 is 4.79 Å². The minimum absolute atomic E-state index is 0.110. The Morgan fingerprint density at radius 1 is 1.33 bits per heavy atom. The predicted octanol–water partition coefficient (Wildman–Crippen LogP) is 3.92. The molecule has 0 aliphatic carbocycles. The van der Waals surface area contributed by atoms with E-state index in [0.29, 0.717) is 5.02 Å². The molecule has 2 aromatic rings. The van der Waals surface area contributed by atoms with E-state index in [1.807, 2.05) is 45.0 Å². The maximum Gasteiger partial charge on any atom is 0.248 e. The summed E-state index contributed by atoms with van der Waals surface area (Å²) in [6.07, 6.45) is 0.981. The lowest BCUT2D eigenvalue weighted by Crippen LogP contribution is -2.25. The maximum absolute atomic E-state index is 12.3. The molecule has 1 aromatic carbocycles. The van der Waals surface area contributed by atoms with Crippen LogP contribution in [-0.2, 0) is 11.2 Å². The van der Waals surface area contributed by atoms with Crippen molar-refractivity contribution in [3.8, 4) is 0 Å². The fourth-order valence-electron chi connectivity index (χ4n) is 2.20. The molecule has 5 heteroatoms. The molecule has 2 rings (SSSR count). The number of hydrogen-bond donors (Lipinski definition) is 1. The Balaban J connectivity index is 2.13. The van der Waals surface area contributed by atoms with Crippen LogP contribution >= 0.6 is 11.6 Å². The van der Waals surface area contributed by atoms with Gasteiger partial charge in [-0.25, -0.2) is 0 Å². The summed E-state index contributed by atoms with van der Waals surface area (Å²) in [4.78, 5) is 12.3. The Morgan fingerprint density at radius 3 is 2.43 bits per heavy atom. The first-order valence-corrected chi connectivity index (χ1v) is 7.42. The molecule has 21 heavy (non-hydrogen) atoms. The third-order valence-electron chi connectivity index (χ3n) is 3.61. The second kappa shape index (κ2) is 6.31. The van der Waals surface area contributed by atoms with Crippen LogP contribution < -0.4 is 5.32 Å². The van der Waals surface area contributed by atoms with E-state index < -0.39 is 6.04 Å². The molecule has 1 unspecified atom stereocenters. The van der Waals surface area contributed by atoms with Gasteiger partial charge < -0.3 is 5.32 Å². The maximum atomic E-state index is 12.3. The van der Waals surface area contributed by atoms with Gasteiger partial charge in [0.15, 0.2) is 0 Å². The number of benzene rings is 1. The van der Waals surface area contributed by atoms with Gasteiger partial charge >= 0.3 is 0 Å². The molecule has 0 spiro atoms. The van der Waals surface area contributed by atoms with Crippen molar-refractivity contribution in [1.82, 2.24) is 9.78 Å². The van der Waals surface area contributed by atoms with Gasteiger partial charge in [0, 0.05) is 5.69 Å². The molecule has 1 amide bonds.